The van der Waals surface area contributed by atoms with Crippen molar-refractivity contribution in [2.75, 3.05) is 17.9 Å². The lowest BCUT2D eigenvalue weighted by Gasteiger charge is -2.20. The van der Waals surface area contributed by atoms with Gasteiger partial charge >= 0.3 is 5.97 Å². The molecule has 1 heterocycles. The Morgan fingerprint density at radius 1 is 1.08 bits per heavy atom. The second-order valence-corrected chi connectivity index (χ2v) is 7.02. The topological polar surface area (TPSA) is 102 Å². The predicted octanol–water partition coefficient (Wildman–Crippen LogP) is 2.61. The van der Waals surface area contributed by atoms with Gasteiger partial charge in [0.15, 0.2) is 11.5 Å². The summed E-state index contributed by atoms with van der Waals surface area (Å²) in [5.74, 6) is -0.756. The summed E-state index contributed by atoms with van der Waals surface area (Å²) in [6, 6.07) is 8.03. The van der Waals surface area contributed by atoms with Gasteiger partial charge in [0.2, 0.25) is 0 Å². The van der Waals surface area contributed by atoms with E-state index in [1.54, 1.807) is 0 Å². The van der Waals surface area contributed by atoms with E-state index in [1.165, 1.54) is 36.4 Å². The molecule has 2 N–H and O–H groups in total. The van der Waals surface area contributed by atoms with Crippen molar-refractivity contribution in [1.82, 2.24) is 0 Å². The van der Waals surface area contributed by atoms with Crippen LogP contribution in [0.25, 0.3) is 0 Å². The molecule has 0 fully saturated rings. The van der Waals surface area contributed by atoms with Gasteiger partial charge in [0.1, 0.15) is 13.2 Å². The summed E-state index contributed by atoms with van der Waals surface area (Å²) in [7, 11) is -3.98. The van der Waals surface area contributed by atoms with Crippen LogP contribution < -0.4 is 14.2 Å². The molecule has 7 nitrogen and oxygen atoms in total. The zero-order valence-electron chi connectivity index (χ0n) is 12.2. The molecule has 9 heteroatoms. The third kappa shape index (κ3) is 3.24. The quantitative estimate of drug-likeness (QED) is 0.858. The number of rotatable bonds is 4. The fraction of sp³-hybridized carbons (Fsp3) is 0.133. The predicted molar refractivity (Wildman–Crippen MR) is 86.7 cm³/mol. The average molecular weight is 370 g/mol. The lowest BCUT2D eigenvalue weighted by Crippen LogP contribution is -2.19. The molecule has 2 aromatic carbocycles. The molecule has 0 amide bonds. The van der Waals surface area contributed by atoms with Crippen molar-refractivity contribution >= 4 is 33.3 Å². The van der Waals surface area contributed by atoms with E-state index in [9.17, 15) is 18.3 Å². The highest BCUT2D eigenvalue weighted by Crippen LogP contribution is 2.36. The number of anilines is 1. The number of halogens is 1. The molecule has 1 aliphatic heterocycles. The summed E-state index contributed by atoms with van der Waals surface area (Å²) in [6.07, 6.45) is 0. The molecule has 0 radical (unpaired) electrons. The van der Waals surface area contributed by atoms with Gasteiger partial charge in [-0.25, -0.2) is 13.2 Å². The van der Waals surface area contributed by atoms with E-state index < -0.39 is 16.0 Å². The largest absolute Gasteiger partial charge is 0.486 e. The van der Waals surface area contributed by atoms with Crippen LogP contribution in [0.5, 0.6) is 11.5 Å². The van der Waals surface area contributed by atoms with Crippen LogP contribution in [0, 0.1) is 0 Å². The molecule has 3 rings (SSSR count). The number of sulfonamides is 1. The van der Waals surface area contributed by atoms with Crippen molar-refractivity contribution in [2.45, 2.75) is 4.90 Å². The third-order valence-electron chi connectivity index (χ3n) is 3.28. The number of nitrogens with one attached hydrogen (secondary N) is 1. The molecular formula is C15H12ClNO6S. The maximum atomic E-state index is 12.4. The van der Waals surface area contributed by atoms with Gasteiger partial charge in [0.05, 0.1) is 16.1 Å². The van der Waals surface area contributed by atoms with Crippen LogP contribution in [0.15, 0.2) is 41.3 Å². The molecule has 0 saturated heterocycles. The molecule has 1 aliphatic rings. The van der Waals surface area contributed by atoms with E-state index in [0.717, 1.165) is 0 Å². The number of fused-ring (bicyclic) bond motifs is 1. The zero-order chi connectivity index (χ0) is 17.3. The summed E-state index contributed by atoms with van der Waals surface area (Å²) in [4.78, 5) is 11.4. The average Bonchev–Trinajstić information content (AvgIpc) is 2.54. The van der Waals surface area contributed by atoms with Crippen LogP contribution in [0.3, 0.4) is 0 Å². The first kappa shape index (κ1) is 16.4. The molecule has 0 aliphatic carbocycles. The molecule has 0 bridgehead atoms. The number of carboxylic acid groups (broad SMARTS) is 1. The Balaban J connectivity index is 2.02. The minimum Gasteiger partial charge on any atom is -0.486 e. The van der Waals surface area contributed by atoms with Crippen molar-refractivity contribution in [3.8, 4) is 11.5 Å². The lowest BCUT2D eigenvalue weighted by molar-refractivity contribution is 0.0697. The Labute approximate surface area is 142 Å². The van der Waals surface area contributed by atoms with Gasteiger partial charge in [0, 0.05) is 17.2 Å². The summed E-state index contributed by atoms with van der Waals surface area (Å²) < 4.78 is 37.8. The molecule has 2 aromatic rings. The lowest BCUT2D eigenvalue weighted by atomic mass is 10.1. The number of hydrogen-bond donors (Lipinski definition) is 2. The van der Waals surface area contributed by atoms with Crippen LogP contribution in [-0.2, 0) is 10.0 Å². The monoisotopic (exact) mass is 369 g/mol. The Hall–Kier alpha value is -2.45. The Bertz CT molecular complexity index is 895. The summed E-state index contributed by atoms with van der Waals surface area (Å²) in [5, 5.41) is 9.71. The fourth-order valence-corrected chi connectivity index (χ4v) is 3.36. The first-order valence-corrected chi connectivity index (χ1v) is 8.68. The van der Waals surface area contributed by atoms with E-state index in [4.69, 9.17) is 21.1 Å². The van der Waals surface area contributed by atoms with Crippen molar-refractivity contribution in [1.29, 1.82) is 0 Å². The second-order valence-electron chi connectivity index (χ2n) is 4.91. The van der Waals surface area contributed by atoms with Crippen molar-refractivity contribution in [3.05, 3.63) is 47.0 Å². The number of benzene rings is 2. The van der Waals surface area contributed by atoms with Crippen molar-refractivity contribution < 1.29 is 27.8 Å². The Kier molecular flexibility index (Phi) is 4.25. The standard InChI is InChI=1S/C15H12ClNO6S/c16-9-1-3-10(4-2-9)24(20,21)17-12-8-14-13(22-5-6-23-14)7-11(12)15(18)19/h1-4,7-8,17H,5-6H2,(H,18,19). The first-order valence-electron chi connectivity index (χ1n) is 6.82. The normalized spacial score (nSPS) is 13.4. The molecule has 0 aromatic heterocycles. The number of hydrogen-bond acceptors (Lipinski definition) is 5. The second kappa shape index (κ2) is 6.21. The van der Waals surface area contributed by atoms with E-state index in [-0.39, 0.29) is 27.6 Å². The van der Waals surface area contributed by atoms with Crippen molar-refractivity contribution in [3.63, 3.8) is 0 Å². The molecule has 0 saturated carbocycles. The van der Waals surface area contributed by atoms with Gasteiger partial charge in [-0.15, -0.1) is 0 Å². The van der Waals surface area contributed by atoms with E-state index in [2.05, 4.69) is 4.72 Å². The van der Waals surface area contributed by atoms with Gasteiger partial charge in [-0.1, -0.05) is 11.6 Å². The molecule has 0 atom stereocenters. The summed E-state index contributed by atoms with van der Waals surface area (Å²) in [5.41, 5.74) is -0.349. The van der Waals surface area contributed by atoms with Crippen LogP contribution in [0.1, 0.15) is 10.4 Å². The van der Waals surface area contributed by atoms with E-state index >= 15 is 0 Å². The smallest absolute Gasteiger partial charge is 0.337 e. The van der Waals surface area contributed by atoms with E-state index in [0.29, 0.717) is 18.2 Å². The van der Waals surface area contributed by atoms with Crippen LogP contribution in [0.4, 0.5) is 5.69 Å². The zero-order valence-corrected chi connectivity index (χ0v) is 13.7. The van der Waals surface area contributed by atoms with Gasteiger partial charge in [-0.2, -0.15) is 0 Å². The third-order valence-corrected chi connectivity index (χ3v) is 4.91. The summed E-state index contributed by atoms with van der Waals surface area (Å²) in [6.45, 7) is 0.588. The number of carbonyl (C=O) groups is 1. The maximum absolute atomic E-state index is 12.4. The molecular weight excluding hydrogens is 358 g/mol. The van der Waals surface area contributed by atoms with Crippen LogP contribution in [-0.4, -0.2) is 32.7 Å². The molecule has 0 spiro atoms. The van der Waals surface area contributed by atoms with E-state index in [1.807, 2.05) is 0 Å². The van der Waals surface area contributed by atoms with Crippen LogP contribution >= 0.6 is 11.6 Å². The molecule has 0 unspecified atom stereocenters. The SMILES string of the molecule is O=C(O)c1cc2c(cc1NS(=O)(=O)c1ccc(Cl)cc1)OCCO2. The summed E-state index contributed by atoms with van der Waals surface area (Å²) >= 11 is 5.74. The van der Waals surface area contributed by atoms with Gasteiger partial charge in [-0.05, 0) is 24.3 Å². The highest BCUT2D eigenvalue weighted by Gasteiger charge is 2.23. The highest BCUT2D eigenvalue weighted by molar-refractivity contribution is 7.92. The Morgan fingerprint density at radius 3 is 2.25 bits per heavy atom. The van der Waals surface area contributed by atoms with Gasteiger partial charge < -0.3 is 14.6 Å². The first-order chi connectivity index (χ1) is 11.4. The Morgan fingerprint density at radius 2 is 1.67 bits per heavy atom. The number of carboxylic acids is 1. The highest BCUT2D eigenvalue weighted by atomic mass is 35.5. The van der Waals surface area contributed by atoms with Crippen molar-refractivity contribution in [2.24, 2.45) is 0 Å². The number of aromatic carboxylic acids is 1. The minimum atomic E-state index is -3.98. The minimum absolute atomic E-state index is 0.0434. The van der Waals surface area contributed by atoms with Crippen LogP contribution in [0.2, 0.25) is 5.02 Å². The van der Waals surface area contributed by atoms with Gasteiger partial charge in [-0.3, -0.25) is 4.72 Å². The molecule has 24 heavy (non-hydrogen) atoms. The molecule has 126 valence electrons. The number of ether oxygens (including phenoxy) is 2. The van der Waals surface area contributed by atoms with Gasteiger partial charge in [0.25, 0.3) is 10.0 Å². The fourth-order valence-electron chi connectivity index (χ4n) is 2.17. The maximum Gasteiger partial charge on any atom is 0.337 e.